The molecule has 1 aliphatic rings. The summed E-state index contributed by atoms with van der Waals surface area (Å²) in [6.07, 6.45) is 6.08. The number of benzene rings is 1. The highest BCUT2D eigenvalue weighted by Crippen LogP contribution is 2.25. The smallest absolute Gasteiger partial charge is 0.255 e. The average molecular weight is 445 g/mol. The Morgan fingerprint density at radius 1 is 1.18 bits per heavy atom. The molecule has 33 heavy (non-hydrogen) atoms. The normalized spacial score (nSPS) is 13.6. The summed E-state index contributed by atoms with van der Waals surface area (Å²) in [5, 5.41) is 3.82. The summed E-state index contributed by atoms with van der Waals surface area (Å²) in [5.41, 5.74) is 4.40. The molecular formula is C25H25FN6O. The summed E-state index contributed by atoms with van der Waals surface area (Å²) in [7, 11) is 0. The number of aryl methyl sites for hydroxylation is 1. The largest absolute Gasteiger partial charge is 0.358 e. The predicted octanol–water partition coefficient (Wildman–Crippen LogP) is 4.04. The van der Waals surface area contributed by atoms with Gasteiger partial charge in [0.1, 0.15) is 11.5 Å². The fraction of sp³-hybridized carbons (Fsp3) is 0.280. The van der Waals surface area contributed by atoms with E-state index in [1.165, 1.54) is 12.1 Å². The Hall–Kier alpha value is -3.81. The number of hydrogen-bond donors (Lipinski definition) is 2. The molecule has 0 spiro atoms. The standard InChI is InChI=1S/C25H25FN6O/c1-16-18(19-14-17(26)7-8-21(19)30-16)9-11-28-24(33)20-15-29-25(32-12-4-5-13-32)31-23(20)22-6-2-3-10-27-22/h2-3,6-8,10,14-15,30H,4-5,9,11-13H2,1H3,(H,28,33). The van der Waals surface area contributed by atoms with Gasteiger partial charge in [0.2, 0.25) is 5.95 Å². The maximum Gasteiger partial charge on any atom is 0.255 e. The highest BCUT2D eigenvalue weighted by Gasteiger charge is 2.21. The SMILES string of the molecule is Cc1[nH]c2ccc(F)cc2c1CCNC(=O)c1cnc(N2CCCC2)nc1-c1ccccn1. The molecule has 1 saturated heterocycles. The highest BCUT2D eigenvalue weighted by molar-refractivity contribution is 5.99. The average Bonchev–Trinajstić information content (AvgIpc) is 3.48. The van der Waals surface area contributed by atoms with Crippen LogP contribution in [0.15, 0.2) is 48.8 Å². The summed E-state index contributed by atoms with van der Waals surface area (Å²) in [6, 6.07) is 10.3. The summed E-state index contributed by atoms with van der Waals surface area (Å²) in [6.45, 7) is 4.19. The minimum Gasteiger partial charge on any atom is -0.358 e. The Balaban J connectivity index is 1.37. The molecule has 0 saturated carbocycles. The van der Waals surface area contributed by atoms with Gasteiger partial charge in [0.05, 0.1) is 11.3 Å². The lowest BCUT2D eigenvalue weighted by atomic mass is 10.1. The number of pyridine rings is 1. The third-order valence-electron chi connectivity index (χ3n) is 6.06. The zero-order valence-electron chi connectivity index (χ0n) is 18.4. The van der Waals surface area contributed by atoms with E-state index >= 15 is 0 Å². The van der Waals surface area contributed by atoms with E-state index in [1.54, 1.807) is 18.5 Å². The Kier molecular flexibility index (Phi) is 5.73. The number of amides is 1. The lowest BCUT2D eigenvalue weighted by Gasteiger charge is -2.17. The number of carbonyl (C=O) groups excluding carboxylic acids is 1. The molecule has 1 fully saturated rings. The van der Waals surface area contributed by atoms with Gasteiger partial charge in [-0.25, -0.2) is 14.4 Å². The molecule has 1 amide bonds. The molecule has 5 rings (SSSR count). The number of anilines is 1. The number of hydrogen-bond acceptors (Lipinski definition) is 5. The lowest BCUT2D eigenvalue weighted by Crippen LogP contribution is -2.28. The molecule has 1 aromatic carbocycles. The molecule has 0 aliphatic carbocycles. The van der Waals surface area contributed by atoms with Crippen LogP contribution in [0.2, 0.25) is 0 Å². The number of nitrogens with one attached hydrogen (secondary N) is 2. The van der Waals surface area contributed by atoms with Gasteiger partial charge in [-0.2, -0.15) is 0 Å². The zero-order chi connectivity index (χ0) is 22.8. The monoisotopic (exact) mass is 444 g/mol. The number of rotatable bonds is 6. The maximum absolute atomic E-state index is 13.7. The minimum atomic E-state index is -0.276. The van der Waals surface area contributed by atoms with Crippen molar-refractivity contribution in [2.45, 2.75) is 26.2 Å². The van der Waals surface area contributed by atoms with Crippen LogP contribution in [0, 0.1) is 12.7 Å². The first-order chi connectivity index (χ1) is 16.1. The van der Waals surface area contributed by atoms with E-state index in [2.05, 4.69) is 25.2 Å². The highest BCUT2D eigenvalue weighted by atomic mass is 19.1. The van der Waals surface area contributed by atoms with Gasteiger partial charge in [-0.05, 0) is 62.1 Å². The van der Waals surface area contributed by atoms with Crippen LogP contribution in [0.1, 0.15) is 34.5 Å². The molecule has 4 heterocycles. The molecule has 1 aliphatic heterocycles. The summed E-state index contributed by atoms with van der Waals surface area (Å²) in [4.78, 5) is 32.1. The number of nitrogens with zero attached hydrogens (tertiary/aromatic N) is 4. The third kappa shape index (κ3) is 4.28. The molecule has 7 nitrogen and oxygen atoms in total. The molecule has 8 heteroatoms. The first kappa shape index (κ1) is 21.1. The van der Waals surface area contributed by atoms with Crippen molar-refractivity contribution in [3.05, 3.63) is 71.4 Å². The minimum absolute atomic E-state index is 0.257. The number of aromatic nitrogens is 4. The second kappa shape index (κ2) is 8.97. The van der Waals surface area contributed by atoms with Crippen LogP contribution in [0.4, 0.5) is 10.3 Å². The second-order valence-corrected chi connectivity index (χ2v) is 8.27. The van der Waals surface area contributed by atoms with Crippen molar-refractivity contribution in [1.29, 1.82) is 0 Å². The van der Waals surface area contributed by atoms with Gasteiger partial charge in [-0.15, -0.1) is 0 Å². The zero-order valence-corrected chi connectivity index (χ0v) is 18.4. The second-order valence-electron chi connectivity index (χ2n) is 8.27. The first-order valence-corrected chi connectivity index (χ1v) is 11.2. The van der Waals surface area contributed by atoms with E-state index in [-0.39, 0.29) is 11.7 Å². The van der Waals surface area contributed by atoms with Crippen molar-refractivity contribution in [2.75, 3.05) is 24.5 Å². The predicted molar refractivity (Wildman–Crippen MR) is 126 cm³/mol. The summed E-state index contributed by atoms with van der Waals surface area (Å²) >= 11 is 0. The Morgan fingerprint density at radius 3 is 2.82 bits per heavy atom. The van der Waals surface area contributed by atoms with Crippen LogP contribution in [-0.2, 0) is 6.42 Å². The molecule has 168 valence electrons. The Labute approximate surface area is 191 Å². The first-order valence-electron chi connectivity index (χ1n) is 11.2. The van der Waals surface area contributed by atoms with Crippen LogP contribution in [0.3, 0.4) is 0 Å². The fourth-order valence-corrected chi connectivity index (χ4v) is 4.38. The van der Waals surface area contributed by atoms with Crippen molar-refractivity contribution >= 4 is 22.8 Å². The fourth-order valence-electron chi connectivity index (χ4n) is 4.38. The third-order valence-corrected chi connectivity index (χ3v) is 6.06. The quantitative estimate of drug-likeness (QED) is 0.469. The lowest BCUT2D eigenvalue weighted by molar-refractivity contribution is 0.0954. The summed E-state index contributed by atoms with van der Waals surface area (Å²) in [5.74, 6) is 0.0930. The van der Waals surface area contributed by atoms with Crippen LogP contribution >= 0.6 is 0 Å². The van der Waals surface area contributed by atoms with E-state index in [0.29, 0.717) is 35.9 Å². The van der Waals surface area contributed by atoms with Crippen molar-refractivity contribution in [2.24, 2.45) is 0 Å². The number of carbonyl (C=O) groups is 1. The molecular weight excluding hydrogens is 419 g/mol. The van der Waals surface area contributed by atoms with Crippen LogP contribution in [-0.4, -0.2) is 45.5 Å². The van der Waals surface area contributed by atoms with Gasteiger partial charge in [-0.1, -0.05) is 6.07 Å². The van der Waals surface area contributed by atoms with Crippen molar-refractivity contribution in [3.8, 4) is 11.4 Å². The van der Waals surface area contributed by atoms with Gasteiger partial charge in [0, 0.05) is 48.6 Å². The summed E-state index contributed by atoms with van der Waals surface area (Å²) < 4.78 is 13.7. The number of aromatic amines is 1. The topological polar surface area (TPSA) is 86.8 Å². The van der Waals surface area contributed by atoms with E-state index < -0.39 is 0 Å². The van der Waals surface area contributed by atoms with E-state index in [0.717, 1.165) is 48.1 Å². The molecule has 2 N–H and O–H groups in total. The van der Waals surface area contributed by atoms with Gasteiger partial charge in [0.15, 0.2) is 0 Å². The maximum atomic E-state index is 13.7. The van der Waals surface area contributed by atoms with Crippen LogP contribution < -0.4 is 10.2 Å². The van der Waals surface area contributed by atoms with Gasteiger partial charge in [-0.3, -0.25) is 9.78 Å². The number of H-pyrrole nitrogens is 1. The molecule has 0 unspecified atom stereocenters. The van der Waals surface area contributed by atoms with Crippen molar-refractivity contribution in [3.63, 3.8) is 0 Å². The molecule has 0 atom stereocenters. The molecule has 4 aromatic rings. The number of halogens is 1. The molecule has 0 radical (unpaired) electrons. The van der Waals surface area contributed by atoms with Crippen LogP contribution in [0.25, 0.3) is 22.3 Å². The Bertz CT molecular complexity index is 1300. The number of fused-ring (bicyclic) bond motifs is 1. The molecule has 3 aromatic heterocycles. The van der Waals surface area contributed by atoms with Gasteiger partial charge < -0.3 is 15.2 Å². The van der Waals surface area contributed by atoms with Gasteiger partial charge in [0.25, 0.3) is 5.91 Å². The van der Waals surface area contributed by atoms with Crippen molar-refractivity contribution < 1.29 is 9.18 Å². The Morgan fingerprint density at radius 2 is 2.03 bits per heavy atom. The van der Waals surface area contributed by atoms with Crippen molar-refractivity contribution in [1.82, 2.24) is 25.3 Å². The van der Waals surface area contributed by atoms with Gasteiger partial charge >= 0.3 is 0 Å². The van der Waals surface area contributed by atoms with E-state index in [4.69, 9.17) is 4.98 Å². The van der Waals surface area contributed by atoms with Crippen LogP contribution in [0.5, 0.6) is 0 Å². The molecule has 0 bridgehead atoms. The van der Waals surface area contributed by atoms with E-state index in [9.17, 15) is 9.18 Å². The van der Waals surface area contributed by atoms with E-state index in [1.807, 2.05) is 25.1 Å².